The lowest BCUT2D eigenvalue weighted by Crippen LogP contribution is -2.34. The van der Waals surface area contributed by atoms with Crippen LogP contribution < -0.4 is 0 Å². The molecule has 0 aliphatic carbocycles. The van der Waals surface area contributed by atoms with Crippen molar-refractivity contribution in [1.29, 1.82) is 0 Å². The summed E-state index contributed by atoms with van der Waals surface area (Å²) in [7, 11) is 0. The summed E-state index contributed by atoms with van der Waals surface area (Å²) in [5.41, 5.74) is 3.31. The molecule has 0 N–H and O–H groups in total. The van der Waals surface area contributed by atoms with E-state index in [1.165, 1.54) is 22.1 Å². The van der Waals surface area contributed by atoms with Gasteiger partial charge in [0.15, 0.2) is 0 Å². The highest BCUT2D eigenvalue weighted by molar-refractivity contribution is 5.98. The molecule has 0 radical (unpaired) electrons. The van der Waals surface area contributed by atoms with Gasteiger partial charge in [-0.2, -0.15) is 4.68 Å². The van der Waals surface area contributed by atoms with E-state index in [-0.39, 0.29) is 11.5 Å². The molecule has 1 aromatic heterocycles. The summed E-state index contributed by atoms with van der Waals surface area (Å²) < 4.78 is 7.67. The Kier molecular flexibility index (Phi) is 3.36. The van der Waals surface area contributed by atoms with Crippen LogP contribution in [0.4, 0.5) is 0 Å². The summed E-state index contributed by atoms with van der Waals surface area (Å²) >= 11 is 0. The summed E-state index contributed by atoms with van der Waals surface area (Å²) in [4.78, 5) is 15.1. The Hall–Kier alpha value is -3.06. The van der Waals surface area contributed by atoms with E-state index in [0.717, 1.165) is 6.42 Å². The third kappa shape index (κ3) is 2.24. The highest BCUT2D eigenvalue weighted by atomic mass is 16.5. The topological polar surface area (TPSA) is 73.1 Å². The van der Waals surface area contributed by atoms with Gasteiger partial charge in [0.2, 0.25) is 0 Å². The minimum Gasteiger partial charge on any atom is -0.364 e. The molecule has 3 heterocycles. The summed E-state index contributed by atoms with van der Waals surface area (Å²) in [5, 5.41) is 11.3. The molecule has 1 atom stereocenters. The molecule has 1 unspecified atom stereocenters. The van der Waals surface area contributed by atoms with Crippen molar-refractivity contribution in [3.63, 3.8) is 0 Å². The van der Waals surface area contributed by atoms with Gasteiger partial charge in [0.25, 0.3) is 5.91 Å². The van der Waals surface area contributed by atoms with Crippen LogP contribution >= 0.6 is 0 Å². The number of hydrogen-bond donors (Lipinski definition) is 0. The normalized spacial score (nSPS) is 21.3. The molecular formula is C19H17N5O2. The van der Waals surface area contributed by atoms with Crippen molar-refractivity contribution in [1.82, 2.24) is 25.1 Å². The number of ether oxygens (including phenoxy) is 1. The van der Waals surface area contributed by atoms with Gasteiger partial charge >= 0.3 is 0 Å². The number of carbonyl (C=O) groups is 1. The maximum absolute atomic E-state index is 13.2. The molecule has 0 bridgehead atoms. The fourth-order valence-electron chi connectivity index (χ4n) is 3.97. The second kappa shape index (κ2) is 5.74. The number of tetrazole rings is 1. The first kappa shape index (κ1) is 15.2. The zero-order chi connectivity index (χ0) is 17.6. The van der Waals surface area contributed by atoms with Crippen molar-refractivity contribution >= 4 is 5.91 Å². The van der Waals surface area contributed by atoms with E-state index in [1.807, 2.05) is 41.3 Å². The Morgan fingerprint density at radius 3 is 2.85 bits per heavy atom. The molecule has 2 aliphatic rings. The molecule has 1 amide bonds. The van der Waals surface area contributed by atoms with Gasteiger partial charge in [0.05, 0.1) is 24.4 Å². The number of para-hydroxylation sites is 1. The molecule has 26 heavy (non-hydrogen) atoms. The van der Waals surface area contributed by atoms with Crippen LogP contribution in [0, 0.1) is 0 Å². The molecule has 1 fully saturated rings. The largest absolute Gasteiger partial charge is 0.364 e. The van der Waals surface area contributed by atoms with Crippen LogP contribution in [0.2, 0.25) is 0 Å². The minimum atomic E-state index is -0.379. The number of benzene rings is 2. The highest BCUT2D eigenvalue weighted by Gasteiger charge is 2.46. The Morgan fingerprint density at radius 1 is 1.12 bits per heavy atom. The summed E-state index contributed by atoms with van der Waals surface area (Å²) in [5.74, 6) is -0.0269. The average Bonchev–Trinajstić information content (AvgIpc) is 3.43. The Bertz CT molecular complexity index is 972. The minimum absolute atomic E-state index is 0.0269. The van der Waals surface area contributed by atoms with Crippen LogP contribution in [0.1, 0.15) is 27.9 Å². The van der Waals surface area contributed by atoms with Crippen LogP contribution in [0.25, 0.3) is 5.69 Å². The van der Waals surface area contributed by atoms with Crippen molar-refractivity contribution in [3.05, 3.63) is 71.5 Å². The molecule has 3 aromatic rings. The number of amides is 1. The predicted octanol–water partition coefficient (Wildman–Crippen LogP) is 1.93. The first-order valence-corrected chi connectivity index (χ1v) is 8.61. The lowest BCUT2D eigenvalue weighted by Gasteiger charge is -2.25. The predicted molar refractivity (Wildman–Crippen MR) is 92.6 cm³/mol. The number of likely N-dealkylation sites (tertiary alicyclic amines) is 1. The number of carbonyl (C=O) groups excluding carboxylic acids is 1. The second-order valence-corrected chi connectivity index (χ2v) is 6.69. The number of fused-ring (bicyclic) bond motifs is 2. The zero-order valence-electron chi connectivity index (χ0n) is 14.1. The number of hydrogen-bond acceptors (Lipinski definition) is 5. The molecule has 1 saturated heterocycles. The fourth-order valence-corrected chi connectivity index (χ4v) is 3.97. The van der Waals surface area contributed by atoms with E-state index in [9.17, 15) is 4.79 Å². The van der Waals surface area contributed by atoms with Crippen LogP contribution in [0.5, 0.6) is 0 Å². The van der Waals surface area contributed by atoms with E-state index >= 15 is 0 Å². The van der Waals surface area contributed by atoms with E-state index in [0.29, 0.717) is 30.9 Å². The first-order valence-electron chi connectivity index (χ1n) is 8.61. The summed E-state index contributed by atoms with van der Waals surface area (Å²) in [6, 6.07) is 15.7. The van der Waals surface area contributed by atoms with Crippen molar-refractivity contribution in [2.45, 2.75) is 18.6 Å². The molecule has 5 rings (SSSR count). The molecule has 7 nitrogen and oxygen atoms in total. The molecule has 7 heteroatoms. The quantitative estimate of drug-likeness (QED) is 0.708. The Morgan fingerprint density at radius 2 is 1.96 bits per heavy atom. The van der Waals surface area contributed by atoms with Gasteiger partial charge in [0, 0.05) is 6.54 Å². The molecule has 2 aliphatic heterocycles. The highest BCUT2D eigenvalue weighted by Crippen LogP contribution is 2.43. The lowest BCUT2D eigenvalue weighted by atomic mass is 9.92. The van der Waals surface area contributed by atoms with Crippen molar-refractivity contribution in [2.75, 3.05) is 13.1 Å². The van der Waals surface area contributed by atoms with Gasteiger partial charge in [-0.15, -0.1) is 5.10 Å². The fraction of sp³-hybridized carbons (Fsp3) is 0.263. The number of rotatable bonds is 2. The van der Waals surface area contributed by atoms with Crippen LogP contribution in [-0.4, -0.2) is 44.1 Å². The van der Waals surface area contributed by atoms with E-state index in [1.54, 1.807) is 0 Å². The van der Waals surface area contributed by atoms with Crippen LogP contribution in [0.15, 0.2) is 54.9 Å². The van der Waals surface area contributed by atoms with E-state index < -0.39 is 0 Å². The second-order valence-electron chi connectivity index (χ2n) is 6.69. The lowest BCUT2D eigenvalue weighted by molar-refractivity contribution is -0.0283. The van der Waals surface area contributed by atoms with Gasteiger partial charge in [-0.05, 0) is 40.1 Å². The molecule has 0 saturated carbocycles. The zero-order valence-corrected chi connectivity index (χ0v) is 14.1. The summed E-state index contributed by atoms with van der Waals surface area (Å²) in [6.07, 6.45) is 2.30. The summed E-state index contributed by atoms with van der Waals surface area (Å²) in [6.45, 7) is 1.84. The SMILES string of the molecule is O=C(c1ccccc1-n1cnnn1)N1CCC2(C1)OCc1ccccc12. The third-order valence-corrected chi connectivity index (χ3v) is 5.26. The van der Waals surface area contributed by atoms with Crippen molar-refractivity contribution in [2.24, 2.45) is 0 Å². The molecule has 130 valence electrons. The standard InChI is InChI=1S/C19H17N5O2/c25-18(15-6-2-4-8-17(15)24-13-20-21-22-24)23-10-9-19(12-23)16-7-3-1-5-14(16)11-26-19/h1-8,13H,9-12H2. The van der Waals surface area contributed by atoms with E-state index in [2.05, 4.69) is 27.7 Å². The average molecular weight is 347 g/mol. The van der Waals surface area contributed by atoms with Crippen LogP contribution in [-0.2, 0) is 16.9 Å². The van der Waals surface area contributed by atoms with Crippen molar-refractivity contribution < 1.29 is 9.53 Å². The first-order chi connectivity index (χ1) is 12.8. The Balaban J connectivity index is 1.46. The van der Waals surface area contributed by atoms with Gasteiger partial charge in [0.1, 0.15) is 11.9 Å². The number of aromatic nitrogens is 4. The number of nitrogens with zero attached hydrogens (tertiary/aromatic N) is 5. The van der Waals surface area contributed by atoms with Gasteiger partial charge < -0.3 is 9.64 Å². The maximum Gasteiger partial charge on any atom is 0.256 e. The molecular weight excluding hydrogens is 330 g/mol. The monoisotopic (exact) mass is 347 g/mol. The smallest absolute Gasteiger partial charge is 0.256 e. The van der Waals surface area contributed by atoms with Gasteiger partial charge in [-0.1, -0.05) is 36.4 Å². The Labute approximate surface area is 150 Å². The molecule has 1 spiro atoms. The molecule has 2 aromatic carbocycles. The third-order valence-electron chi connectivity index (χ3n) is 5.26. The van der Waals surface area contributed by atoms with Gasteiger partial charge in [-0.3, -0.25) is 4.79 Å². The van der Waals surface area contributed by atoms with E-state index in [4.69, 9.17) is 4.74 Å². The van der Waals surface area contributed by atoms with Crippen LogP contribution in [0.3, 0.4) is 0 Å². The van der Waals surface area contributed by atoms with Gasteiger partial charge in [-0.25, -0.2) is 0 Å². The van der Waals surface area contributed by atoms with Crippen molar-refractivity contribution in [3.8, 4) is 5.69 Å². The maximum atomic E-state index is 13.2.